The van der Waals surface area contributed by atoms with Crippen LogP contribution in [0.5, 0.6) is 0 Å². The number of thiazole rings is 1. The molecule has 2 N–H and O–H groups in total. The SMILES string of the molecule is Cc1nc(C2CCCC2)sc1C(=O)N1CCC(O)(C(=O)O)CC1. The van der Waals surface area contributed by atoms with E-state index in [-0.39, 0.29) is 31.8 Å². The number of aliphatic carboxylic acids is 1. The maximum atomic E-state index is 12.7. The van der Waals surface area contributed by atoms with Gasteiger partial charge < -0.3 is 15.1 Å². The number of carboxylic acid groups (broad SMARTS) is 1. The third kappa shape index (κ3) is 3.12. The maximum absolute atomic E-state index is 12.7. The van der Waals surface area contributed by atoms with E-state index in [4.69, 9.17) is 5.11 Å². The van der Waals surface area contributed by atoms with Gasteiger partial charge in [0.15, 0.2) is 5.60 Å². The van der Waals surface area contributed by atoms with E-state index in [1.165, 1.54) is 24.2 Å². The number of nitrogens with zero attached hydrogens (tertiary/aromatic N) is 2. The van der Waals surface area contributed by atoms with Crippen LogP contribution >= 0.6 is 11.3 Å². The fourth-order valence-electron chi connectivity index (χ4n) is 3.40. The van der Waals surface area contributed by atoms with E-state index >= 15 is 0 Å². The predicted octanol–water partition coefficient (Wildman–Crippen LogP) is 2.16. The summed E-state index contributed by atoms with van der Waals surface area (Å²) in [6, 6.07) is 0. The van der Waals surface area contributed by atoms with Crippen molar-refractivity contribution in [3.8, 4) is 0 Å². The van der Waals surface area contributed by atoms with Gasteiger partial charge in [0, 0.05) is 31.8 Å². The molecule has 23 heavy (non-hydrogen) atoms. The summed E-state index contributed by atoms with van der Waals surface area (Å²) >= 11 is 1.48. The van der Waals surface area contributed by atoms with Gasteiger partial charge in [-0.15, -0.1) is 11.3 Å². The summed E-state index contributed by atoms with van der Waals surface area (Å²) in [4.78, 5) is 30.7. The van der Waals surface area contributed by atoms with Crippen LogP contribution in [0.1, 0.15) is 64.8 Å². The molecule has 3 rings (SSSR count). The molecule has 0 radical (unpaired) electrons. The first-order valence-electron chi connectivity index (χ1n) is 8.13. The maximum Gasteiger partial charge on any atom is 0.335 e. The number of hydrogen-bond donors (Lipinski definition) is 2. The molecule has 0 aromatic carbocycles. The first-order valence-corrected chi connectivity index (χ1v) is 8.95. The zero-order valence-corrected chi connectivity index (χ0v) is 14.1. The highest BCUT2D eigenvalue weighted by molar-refractivity contribution is 7.13. The van der Waals surface area contributed by atoms with Crippen LogP contribution in [-0.4, -0.2) is 50.7 Å². The molecule has 1 aliphatic carbocycles. The standard InChI is InChI=1S/C16H22N2O4S/c1-10-12(23-13(17-10)11-4-2-3-5-11)14(19)18-8-6-16(22,7-9-18)15(20)21/h11,22H,2-9H2,1H3,(H,20,21). The van der Waals surface area contributed by atoms with Gasteiger partial charge in [0.1, 0.15) is 4.88 Å². The van der Waals surface area contributed by atoms with Gasteiger partial charge in [-0.25, -0.2) is 9.78 Å². The van der Waals surface area contributed by atoms with Gasteiger partial charge in [-0.1, -0.05) is 12.8 Å². The summed E-state index contributed by atoms with van der Waals surface area (Å²) in [5, 5.41) is 20.1. The van der Waals surface area contributed by atoms with E-state index in [9.17, 15) is 14.7 Å². The smallest absolute Gasteiger partial charge is 0.335 e. The highest BCUT2D eigenvalue weighted by atomic mass is 32.1. The average molecular weight is 338 g/mol. The van der Waals surface area contributed by atoms with Crippen molar-refractivity contribution >= 4 is 23.2 Å². The second-order valence-electron chi connectivity index (χ2n) is 6.58. The van der Waals surface area contributed by atoms with E-state index in [0.29, 0.717) is 10.8 Å². The summed E-state index contributed by atoms with van der Waals surface area (Å²) in [5.74, 6) is -0.808. The second kappa shape index (κ2) is 6.20. The molecule has 6 nitrogen and oxygen atoms in total. The second-order valence-corrected chi connectivity index (χ2v) is 7.61. The minimum Gasteiger partial charge on any atom is -0.479 e. The van der Waals surface area contributed by atoms with E-state index in [1.807, 2.05) is 6.92 Å². The lowest BCUT2D eigenvalue weighted by molar-refractivity contribution is -0.162. The van der Waals surface area contributed by atoms with Crippen LogP contribution in [-0.2, 0) is 4.79 Å². The van der Waals surface area contributed by atoms with Crippen molar-refractivity contribution in [2.75, 3.05) is 13.1 Å². The molecule has 1 aromatic heterocycles. The fraction of sp³-hybridized carbons (Fsp3) is 0.688. The summed E-state index contributed by atoms with van der Waals surface area (Å²) in [5.41, 5.74) is -0.935. The van der Waals surface area contributed by atoms with Crippen molar-refractivity contribution in [2.45, 2.75) is 57.0 Å². The van der Waals surface area contributed by atoms with Crippen LogP contribution in [0.15, 0.2) is 0 Å². The van der Waals surface area contributed by atoms with Crippen LogP contribution in [0.2, 0.25) is 0 Å². The van der Waals surface area contributed by atoms with Crippen molar-refractivity contribution in [1.29, 1.82) is 0 Å². The zero-order chi connectivity index (χ0) is 16.6. The molecule has 0 bridgehead atoms. The Morgan fingerprint density at radius 2 is 1.87 bits per heavy atom. The quantitative estimate of drug-likeness (QED) is 0.881. The molecule has 0 atom stereocenters. The van der Waals surface area contributed by atoms with Crippen molar-refractivity contribution in [3.63, 3.8) is 0 Å². The molecule has 2 aliphatic rings. The summed E-state index contributed by atoms with van der Waals surface area (Å²) in [7, 11) is 0. The highest BCUT2D eigenvalue weighted by Crippen LogP contribution is 2.37. The van der Waals surface area contributed by atoms with Gasteiger partial charge in [-0.05, 0) is 19.8 Å². The largest absolute Gasteiger partial charge is 0.479 e. The Labute approximate surface area is 139 Å². The van der Waals surface area contributed by atoms with Gasteiger partial charge in [0.2, 0.25) is 0 Å². The van der Waals surface area contributed by atoms with Crippen LogP contribution in [0.4, 0.5) is 0 Å². The van der Waals surface area contributed by atoms with E-state index in [1.54, 1.807) is 4.90 Å². The normalized spacial score (nSPS) is 21.6. The molecule has 1 saturated carbocycles. The monoisotopic (exact) mass is 338 g/mol. The Kier molecular flexibility index (Phi) is 4.42. The highest BCUT2D eigenvalue weighted by Gasteiger charge is 2.41. The predicted molar refractivity (Wildman–Crippen MR) is 85.8 cm³/mol. The fourth-order valence-corrected chi connectivity index (χ4v) is 4.60. The molecule has 0 spiro atoms. The van der Waals surface area contributed by atoms with Crippen molar-refractivity contribution in [1.82, 2.24) is 9.88 Å². The Morgan fingerprint density at radius 3 is 2.43 bits per heavy atom. The Balaban J connectivity index is 1.70. The number of hydrogen-bond acceptors (Lipinski definition) is 5. The summed E-state index contributed by atoms with van der Waals surface area (Å²) < 4.78 is 0. The Morgan fingerprint density at radius 1 is 1.26 bits per heavy atom. The lowest BCUT2D eigenvalue weighted by atomic mass is 9.91. The van der Waals surface area contributed by atoms with Gasteiger partial charge in [0.25, 0.3) is 5.91 Å². The molecule has 126 valence electrons. The van der Waals surface area contributed by atoms with Gasteiger partial charge in [-0.3, -0.25) is 4.79 Å². The number of likely N-dealkylation sites (tertiary alicyclic amines) is 1. The van der Waals surface area contributed by atoms with Crippen LogP contribution in [0.3, 0.4) is 0 Å². The summed E-state index contributed by atoms with van der Waals surface area (Å²) in [6.07, 6.45) is 4.90. The average Bonchev–Trinajstić information content (AvgIpc) is 3.16. The molecule has 1 aliphatic heterocycles. The number of carbonyl (C=O) groups is 2. The molecule has 1 saturated heterocycles. The molecule has 2 fully saturated rings. The van der Waals surface area contributed by atoms with Crippen molar-refractivity contribution in [2.24, 2.45) is 0 Å². The number of carboxylic acids is 1. The molecule has 1 amide bonds. The number of amides is 1. The van der Waals surface area contributed by atoms with E-state index < -0.39 is 11.6 Å². The number of rotatable bonds is 3. The molecular formula is C16H22N2O4S. The van der Waals surface area contributed by atoms with Crippen molar-refractivity contribution < 1.29 is 19.8 Å². The number of piperidine rings is 1. The van der Waals surface area contributed by atoms with Crippen molar-refractivity contribution in [3.05, 3.63) is 15.6 Å². The lowest BCUT2D eigenvalue weighted by Gasteiger charge is -2.35. The number of aromatic nitrogens is 1. The summed E-state index contributed by atoms with van der Waals surface area (Å²) in [6.45, 7) is 2.38. The Hall–Kier alpha value is -1.47. The van der Waals surface area contributed by atoms with Gasteiger partial charge in [-0.2, -0.15) is 0 Å². The molecule has 2 heterocycles. The lowest BCUT2D eigenvalue weighted by Crippen LogP contribution is -2.50. The zero-order valence-electron chi connectivity index (χ0n) is 13.2. The Bertz CT molecular complexity index is 614. The topological polar surface area (TPSA) is 90.7 Å². The third-order valence-corrected chi connectivity index (χ3v) is 6.30. The van der Waals surface area contributed by atoms with Gasteiger partial charge >= 0.3 is 5.97 Å². The first-order chi connectivity index (χ1) is 10.9. The van der Waals surface area contributed by atoms with Crippen LogP contribution < -0.4 is 0 Å². The minimum atomic E-state index is -1.70. The number of aryl methyl sites for hydroxylation is 1. The van der Waals surface area contributed by atoms with Gasteiger partial charge in [0.05, 0.1) is 10.7 Å². The van der Waals surface area contributed by atoms with E-state index in [0.717, 1.165) is 23.5 Å². The molecule has 7 heteroatoms. The molecule has 0 unspecified atom stereocenters. The third-order valence-electron chi connectivity index (χ3n) is 4.99. The molecule has 1 aromatic rings. The van der Waals surface area contributed by atoms with Crippen LogP contribution in [0, 0.1) is 6.92 Å². The van der Waals surface area contributed by atoms with E-state index in [2.05, 4.69) is 4.98 Å². The number of carbonyl (C=O) groups excluding carboxylic acids is 1. The minimum absolute atomic E-state index is 0.0708. The number of aliphatic hydroxyl groups is 1. The van der Waals surface area contributed by atoms with Crippen LogP contribution in [0.25, 0.3) is 0 Å². The molecular weight excluding hydrogens is 316 g/mol. The first kappa shape index (κ1) is 16.4.